The molecule has 0 spiro atoms. The van der Waals surface area contributed by atoms with Gasteiger partial charge < -0.3 is 0 Å². The van der Waals surface area contributed by atoms with E-state index in [9.17, 15) is 0 Å². The minimum absolute atomic E-state index is 0.496. The Balaban J connectivity index is 2.88. The highest BCUT2D eigenvalue weighted by molar-refractivity contribution is 5.23. The second-order valence-electron chi connectivity index (χ2n) is 5.40. The molecule has 2 unspecified atom stereocenters. The molecule has 1 aliphatic carbocycles. The van der Waals surface area contributed by atoms with E-state index in [1.165, 1.54) is 12.8 Å². The average molecular weight is 180 g/mol. The van der Waals surface area contributed by atoms with Gasteiger partial charge in [-0.25, -0.2) is 0 Å². The van der Waals surface area contributed by atoms with Gasteiger partial charge in [-0.3, -0.25) is 0 Å². The molecule has 0 aliphatic heterocycles. The van der Waals surface area contributed by atoms with Crippen molar-refractivity contribution < 1.29 is 0 Å². The maximum Gasteiger partial charge on any atom is -0.0146 e. The normalized spacial score (nSPS) is 30.0. The Kier molecular flexibility index (Phi) is 2.89. The number of hydrogen-bond acceptors (Lipinski definition) is 0. The third kappa shape index (κ3) is 1.82. The molecule has 0 nitrogen and oxygen atoms in total. The van der Waals surface area contributed by atoms with Crippen molar-refractivity contribution in [3.8, 4) is 0 Å². The van der Waals surface area contributed by atoms with E-state index < -0.39 is 0 Å². The van der Waals surface area contributed by atoms with Gasteiger partial charge in [0.25, 0.3) is 0 Å². The average Bonchev–Trinajstić information content (AvgIpc) is 2.33. The smallest absolute Gasteiger partial charge is 0.0146 e. The van der Waals surface area contributed by atoms with Gasteiger partial charge in [0.15, 0.2) is 0 Å². The predicted octanol–water partition coefficient (Wildman–Crippen LogP) is 4.42. The van der Waals surface area contributed by atoms with Crippen LogP contribution in [0.15, 0.2) is 11.1 Å². The van der Waals surface area contributed by atoms with Crippen molar-refractivity contribution in [1.29, 1.82) is 0 Å². The zero-order chi connectivity index (χ0) is 10.2. The molecule has 0 N–H and O–H groups in total. The predicted molar refractivity (Wildman–Crippen MR) is 59.7 cm³/mol. The standard InChI is InChI=1S/C13H24/c1-7-13(5,6)12-8-9(2)10(3)11(12)4/h9,12H,7-8H2,1-6H3. The highest BCUT2D eigenvalue weighted by Crippen LogP contribution is 2.47. The molecular formula is C13H24. The third-order valence-corrected chi connectivity index (χ3v) is 4.33. The number of rotatable bonds is 2. The van der Waals surface area contributed by atoms with Crippen LogP contribution >= 0.6 is 0 Å². The summed E-state index contributed by atoms with van der Waals surface area (Å²) in [5.41, 5.74) is 3.81. The molecule has 1 rings (SSSR count). The van der Waals surface area contributed by atoms with Gasteiger partial charge in [-0.1, -0.05) is 45.3 Å². The van der Waals surface area contributed by atoms with Crippen LogP contribution in [0.4, 0.5) is 0 Å². The SMILES string of the molecule is CCC(C)(C)C1CC(C)C(C)=C1C. The van der Waals surface area contributed by atoms with E-state index in [2.05, 4.69) is 41.5 Å². The van der Waals surface area contributed by atoms with E-state index in [-0.39, 0.29) is 0 Å². The Labute approximate surface area is 83.4 Å². The Morgan fingerprint density at radius 1 is 1.23 bits per heavy atom. The minimum atomic E-state index is 0.496. The molecule has 0 saturated carbocycles. The molecule has 0 heterocycles. The van der Waals surface area contributed by atoms with Gasteiger partial charge in [0.2, 0.25) is 0 Å². The lowest BCUT2D eigenvalue weighted by molar-refractivity contribution is 0.226. The van der Waals surface area contributed by atoms with E-state index in [4.69, 9.17) is 0 Å². The first-order valence-corrected chi connectivity index (χ1v) is 5.57. The number of hydrogen-bond donors (Lipinski definition) is 0. The molecule has 0 aromatic carbocycles. The van der Waals surface area contributed by atoms with Gasteiger partial charge in [0, 0.05) is 0 Å². The van der Waals surface area contributed by atoms with E-state index in [0.717, 1.165) is 11.8 Å². The topological polar surface area (TPSA) is 0 Å². The first-order valence-electron chi connectivity index (χ1n) is 5.57. The van der Waals surface area contributed by atoms with E-state index in [1.54, 1.807) is 11.1 Å². The fourth-order valence-electron chi connectivity index (χ4n) is 2.52. The molecule has 0 amide bonds. The summed E-state index contributed by atoms with van der Waals surface area (Å²) in [4.78, 5) is 0. The van der Waals surface area contributed by atoms with E-state index >= 15 is 0 Å². The Bertz CT molecular complexity index is 220. The first-order chi connectivity index (χ1) is 5.90. The van der Waals surface area contributed by atoms with Crippen molar-refractivity contribution in [2.45, 2.75) is 54.4 Å². The van der Waals surface area contributed by atoms with Crippen LogP contribution in [0.1, 0.15) is 54.4 Å². The second-order valence-corrected chi connectivity index (χ2v) is 5.40. The molecule has 0 fully saturated rings. The molecule has 76 valence electrons. The molecule has 0 heteroatoms. The number of allylic oxidation sites excluding steroid dienone is 2. The highest BCUT2D eigenvalue weighted by Gasteiger charge is 2.35. The fourth-order valence-corrected chi connectivity index (χ4v) is 2.52. The largest absolute Gasteiger partial charge is 0.0712 e. The van der Waals surface area contributed by atoms with Crippen LogP contribution < -0.4 is 0 Å². The van der Waals surface area contributed by atoms with Crippen molar-refractivity contribution in [3.05, 3.63) is 11.1 Å². The van der Waals surface area contributed by atoms with Crippen molar-refractivity contribution >= 4 is 0 Å². The van der Waals surface area contributed by atoms with Gasteiger partial charge in [-0.2, -0.15) is 0 Å². The third-order valence-electron chi connectivity index (χ3n) is 4.33. The highest BCUT2D eigenvalue weighted by atomic mass is 14.4. The lowest BCUT2D eigenvalue weighted by Gasteiger charge is -2.32. The van der Waals surface area contributed by atoms with Crippen molar-refractivity contribution in [2.24, 2.45) is 17.3 Å². The summed E-state index contributed by atoms with van der Waals surface area (Å²) in [6.07, 6.45) is 2.66. The summed E-state index contributed by atoms with van der Waals surface area (Å²) in [7, 11) is 0. The van der Waals surface area contributed by atoms with Crippen LogP contribution in [0, 0.1) is 17.3 Å². The summed E-state index contributed by atoms with van der Waals surface area (Å²) >= 11 is 0. The molecule has 0 bridgehead atoms. The molecule has 0 saturated heterocycles. The Hall–Kier alpha value is -0.260. The van der Waals surface area contributed by atoms with Crippen LogP contribution in [0.5, 0.6) is 0 Å². The zero-order valence-electron chi connectivity index (χ0n) is 10.1. The van der Waals surface area contributed by atoms with E-state index in [0.29, 0.717) is 5.41 Å². The lowest BCUT2D eigenvalue weighted by Crippen LogP contribution is -2.22. The van der Waals surface area contributed by atoms with Gasteiger partial charge in [0.1, 0.15) is 0 Å². The summed E-state index contributed by atoms with van der Waals surface area (Å²) in [5.74, 6) is 1.64. The van der Waals surface area contributed by atoms with Crippen LogP contribution in [0.25, 0.3) is 0 Å². The molecule has 0 aromatic rings. The molecule has 13 heavy (non-hydrogen) atoms. The van der Waals surface area contributed by atoms with Crippen molar-refractivity contribution in [3.63, 3.8) is 0 Å². The maximum absolute atomic E-state index is 2.41. The fraction of sp³-hybridized carbons (Fsp3) is 0.846. The molecule has 0 aromatic heterocycles. The molecule has 0 radical (unpaired) electrons. The quantitative estimate of drug-likeness (QED) is 0.552. The molecular weight excluding hydrogens is 156 g/mol. The van der Waals surface area contributed by atoms with Crippen LogP contribution in [0.3, 0.4) is 0 Å². The monoisotopic (exact) mass is 180 g/mol. The van der Waals surface area contributed by atoms with Gasteiger partial charge in [0.05, 0.1) is 0 Å². The maximum atomic E-state index is 2.41. The first kappa shape index (κ1) is 10.8. The zero-order valence-corrected chi connectivity index (χ0v) is 10.1. The Morgan fingerprint density at radius 3 is 2.08 bits per heavy atom. The van der Waals surface area contributed by atoms with Gasteiger partial charge >= 0.3 is 0 Å². The summed E-state index contributed by atoms with van der Waals surface area (Å²) in [5, 5.41) is 0. The minimum Gasteiger partial charge on any atom is -0.0712 e. The molecule has 1 aliphatic rings. The molecule has 2 atom stereocenters. The summed E-state index contributed by atoms with van der Waals surface area (Å²) < 4.78 is 0. The van der Waals surface area contributed by atoms with Gasteiger partial charge in [-0.05, 0) is 37.5 Å². The summed E-state index contributed by atoms with van der Waals surface area (Å²) in [6.45, 7) is 14.1. The van der Waals surface area contributed by atoms with Crippen molar-refractivity contribution in [1.82, 2.24) is 0 Å². The van der Waals surface area contributed by atoms with Crippen LogP contribution in [0.2, 0.25) is 0 Å². The summed E-state index contributed by atoms with van der Waals surface area (Å²) in [6, 6.07) is 0. The van der Waals surface area contributed by atoms with Crippen LogP contribution in [-0.4, -0.2) is 0 Å². The van der Waals surface area contributed by atoms with Crippen molar-refractivity contribution in [2.75, 3.05) is 0 Å². The second kappa shape index (κ2) is 3.48. The van der Waals surface area contributed by atoms with E-state index in [1.807, 2.05) is 0 Å². The lowest BCUT2D eigenvalue weighted by atomic mass is 9.73. The van der Waals surface area contributed by atoms with Gasteiger partial charge in [-0.15, -0.1) is 0 Å². The Morgan fingerprint density at radius 2 is 1.77 bits per heavy atom. The van der Waals surface area contributed by atoms with Crippen LogP contribution in [-0.2, 0) is 0 Å².